The molecule has 3 rings (SSSR count). The maximum Gasteiger partial charge on any atom is 0.00370 e. The molecule has 3 saturated carbocycles. The van der Waals surface area contributed by atoms with Crippen molar-refractivity contribution in [1.82, 2.24) is 0 Å². The van der Waals surface area contributed by atoms with Gasteiger partial charge in [0.1, 0.15) is 0 Å². The van der Waals surface area contributed by atoms with Gasteiger partial charge in [0.2, 0.25) is 0 Å². The van der Waals surface area contributed by atoms with Crippen LogP contribution in [0.1, 0.15) is 54.4 Å². The lowest BCUT2D eigenvalue weighted by atomic mass is 9.45. The van der Waals surface area contributed by atoms with Crippen LogP contribution in [0.2, 0.25) is 0 Å². The Morgan fingerprint density at radius 1 is 0.833 bits per heavy atom. The molecule has 0 heterocycles. The third-order valence-corrected chi connectivity index (χ3v) is 8.62. The van der Waals surface area contributed by atoms with Gasteiger partial charge in [-0.1, -0.05) is 65.8 Å². The smallest absolute Gasteiger partial charge is 0.00370 e. The van der Waals surface area contributed by atoms with Crippen molar-refractivity contribution in [2.24, 2.45) is 33.5 Å². The summed E-state index contributed by atoms with van der Waals surface area (Å²) in [6.45, 7) is 23.9. The number of hydrogen-bond donors (Lipinski definition) is 0. The van der Waals surface area contributed by atoms with Crippen LogP contribution in [-0.2, 0) is 0 Å². The Balaban J connectivity index is 2.35. The minimum Gasteiger partial charge on any atom is -0.0989 e. The van der Waals surface area contributed by atoms with Gasteiger partial charge in [-0.25, -0.2) is 0 Å². The summed E-state index contributed by atoms with van der Waals surface area (Å²) in [5.74, 6) is 1.56. The molecule has 18 heavy (non-hydrogen) atoms. The van der Waals surface area contributed by atoms with Crippen LogP contribution in [0.3, 0.4) is 0 Å². The zero-order valence-corrected chi connectivity index (χ0v) is 13.0. The van der Waals surface area contributed by atoms with Crippen LogP contribution in [0.4, 0.5) is 0 Å². The Morgan fingerprint density at radius 2 is 1.17 bits per heavy atom. The van der Waals surface area contributed by atoms with Crippen molar-refractivity contribution in [3.8, 4) is 0 Å². The normalized spacial score (nSPS) is 62.6. The van der Waals surface area contributed by atoms with Gasteiger partial charge in [0.15, 0.2) is 0 Å². The lowest BCUT2D eigenvalue weighted by molar-refractivity contribution is -0.0676. The highest BCUT2D eigenvalue weighted by atomic mass is 14.8. The number of rotatable bonds is 0. The highest BCUT2D eigenvalue weighted by Crippen LogP contribution is 2.87. The summed E-state index contributed by atoms with van der Waals surface area (Å²) >= 11 is 0. The van der Waals surface area contributed by atoms with E-state index in [0.29, 0.717) is 10.8 Å². The maximum atomic E-state index is 4.46. The van der Waals surface area contributed by atoms with Gasteiger partial charge >= 0.3 is 0 Å². The molecule has 0 aromatic carbocycles. The third kappa shape index (κ3) is 0.781. The highest BCUT2D eigenvalue weighted by Gasteiger charge is 2.80. The van der Waals surface area contributed by atoms with Crippen LogP contribution in [0.25, 0.3) is 0 Å². The molecule has 0 saturated heterocycles. The molecule has 3 aliphatic rings. The van der Waals surface area contributed by atoms with Gasteiger partial charge in [-0.05, 0) is 35.5 Å². The van der Waals surface area contributed by atoms with E-state index >= 15 is 0 Å². The molecule has 0 radical (unpaired) electrons. The largest absolute Gasteiger partial charge is 0.0989 e. The summed E-state index contributed by atoms with van der Waals surface area (Å²) < 4.78 is 0. The average molecular weight is 244 g/mol. The van der Waals surface area contributed by atoms with Crippen molar-refractivity contribution in [2.45, 2.75) is 54.4 Å². The van der Waals surface area contributed by atoms with Crippen molar-refractivity contribution in [1.29, 1.82) is 0 Å². The van der Waals surface area contributed by atoms with Gasteiger partial charge in [0.25, 0.3) is 0 Å². The highest BCUT2D eigenvalue weighted by molar-refractivity contribution is 5.47. The van der Waals surface area contributed by atoms with E-state index in [9.17, 15) is 0 Å². The van der Waals surface area contributed by atoms with Crippen molar-refractivity contribution < 1.29 is 0 Å². The Kier molecular flexibility index (Phi) is 1.95. The first-order chi connectivity index (χ1) is 8.07. The van der Waals surface area contributed by atoms with E-state index in [2.05, 4.69) is 54.7 Å². The SMILES string of the molecule is C=C1CC(=C)C2(C)C3(C)CC(C)(C(C)C3C)C12C. The summed E-state index contributed by atoms with van der Waals surface area (Å²) in [6, 6.07) is 0. The lowest BCUT2D eigenvalue weighted by Crippen LogP contribution is -2.54. The van der Waals surface area contributed by atoms with Gasteiger partial charge in [0, 0.05) is 10.8 Å². The van der Waals surface area contributed by atoms with E-state index in [0.717, 1.165) is 18.3 Å². The first-order valence-electron chi connectivity index (χ1n) is 7.44. The fourth-order valence-electron chi connectivity index (χ4n) is 6.72. The molecule has 2 bridgehead atoms. The summed E-state index contributed by atoms with van der Waals surface area (Å²) in [5, 5.41) is 0. The van der Waals surface area contributed by atoms with E-state index < -0.39 is 0 Å². The molecule has 0 aromatic rings. The monoisotopic (exact) mass is 244 g/mol. The molecule has 0 N–H and O–H groups in total. The molecule has 0 spiro atoms. The van der Waals surface area contributed by atoms with Crippen LogP contribution < -0.4 is 0 Å². The van der Waals surface area contributed by atoms with Crippen LogP contribution >= 0.6 is 0 Å². The predicted octanol–water partition coefficient (Wildman–Crippen LogP) is 5.22. The lowest BCUT2D eigenvalue weighted by Gasteiger charge is -2.59. The van der Waals surface area contributed by atoms with E-state index in [1.807, 2.05) is 0 Å². The van der Waals surface area contributed by atoms with E-state index in [1.54, 1.807) is 0 Å². The Morgan fingerprint density at radius 3 is 1.50 bits per heavy atom. The first-order valence-corrected chi connectivity index (χ1v) is 7.44. The molecule has 0 nitrogen and oxygen atoms in total. The van der Waals surface area contributed by atoms with Crippen LogP contribution in [-0.4, -0.2) is 0 Å². The third-order valence-electron chi connectivity index (χ3n) is 8.62. The molecular weight excluding hydrogens is 216 g/mol. The quantitative estimate of drug-likeness (QED) is 0.513. The minimum absolute atomic E-state index is 0.248. The summed E-state index contributed by atoms with van der Waals surface area (Å²) in [6.07, 6.45) is 2.39. The number of hydrogen-bond acceptors (Lipinski definition) is 0. The second-order valence-corrected chi connectivity index (χ2v) is 8.22. The Bertz CT molecular complexity index is 430. The Labute approximate surface area is 113 Å². The fraction of sp³-hybridized carbons (Fsp3) is 0.778. The standard InChI is InChI=1S/C18H28/c1-11-9-12(2)18(8)16(6)10-15(5,17(11,18)7)13(3)14(16)4/h13-14H,1-2,9-10H2,3-8H3. The van der Waals surface area contributed by atoms with E-state index in [1.165, 1.54) is 17.6 Å². The molecule has 6 atom stereocenters. The van der Waals surface area contributed by atoms with Gasteiger partial charge in [-0.2, -0.15) is 0 Å². The van der Waals surface area contributed by atoms with Gasteiger partial charge < -0.3 is 0 Å². The molecule has 6 unspecified atom stereocenters. The molecule has 0 heteroatoms. The van der Waals surface area contributed by atoms with Crippen LogP contribution in [0.15, 0.2) is 24.3 Å². The molecule has 0 aromatic heterocycles. The minimum atomic E-state index is 0.248. The van der Waals surface area contributed by atoms with E-state index in [-0.39, 0.29) is 10.8 Å². The van der Waals surface area contributed by atoms with Crippen molar-refractivity contribution in [2.75, 3.05) is 0 Å². The molecule has 0 amide bonds. The number of fused-ring (bicyclic) bond motifs is 5. The average Bonchev–Trinajstić information content (AvgIpc) is 2.66. The topological polar surface area (TPSA) is 0 Å². The van der Waals surface area contributed by atoms with Crippen molar-refractivity contribution in [3.05, 3.63) is 24.3 Å². The molecular formula is C18H28. The molecule has 3 fully saturated rings. The Hall–Kier alpha value is -0.520. The maximum absolute atomic E-state index is 4.46. The molecule has 0 aliphatic heterocycles. The van der Waals surface area contributed by atoms with Gasteiger partial charge in [-0.3, -0.25) is 0 Å². The van der Waals surface area contributed by atoms with Gasteiger partial charge in [-0.15, -0.1) is 0 Å². The first kappa shape index (κ1) is 12.5. The predicted molar refractivity (Wildman–Crippen MR) is 78.3 cm³/mol. The molecule has 3 aliphatic carbocycles. The zero-order chi connectivity index (χ0) is 13.7. The summed E-state index contributed by atoms with van der Waals surface area (Å²) in [4.78, 5) is 0. The van der Waals surface area contributed by atoms with Crippen LogP contribution in [0.5, 0.6) is 0 Å². The second-order valence-electron chi connectivity index (χ2n) is 8.22. The van der Waals surface area contributed by atoms with Crippen molar-refractivity contribution in [3.63, 3.8) is 0 Å². The molecule has 100 valence electrons. The van der Waals surface area contributed by atoms with Gasteiger partial charge in [0.05, 0.1) is 0 Å². The summed E-state index contributed by atoms with van der Waals surface area (Å²) in [5.41, 5.74) is 4.17. The van der Waals surface area contributed by atoms with E-state index in [4.69, 9.17) is 0 Å². The number of allylic oxidation sites excluding steroid dienone is 2. The van der Waals surface area contributed by atoms with Crippen molar-refractivity contribution >= 4 is 0 Å². The zero-order valence-electron chi connectivity index (χ0n) is 13.0. The second kappa shape index (κ2) is 2.81. The van der Waals surface area contributed by atoms with Crippen LogP contribution in [0, 0.1) is 33.5 Å². The fourth-order valence-corrected chi connectivity index (χ4v) is 6.72. The summed E-state index contributed by atoms with van der Waals surface area (Å²) in [7, 11) is 0.